The lowest BCUT2D eigenvalue weighted by Crippen LogP contribution is -2.18. The predicted octanol–water partition coefficient (Wildman–Crippen LogP) is 4.21. The Morgan fingerprint density at radius 1 is 1.13 bits per heavy atom. The monoisotopic (exact) mass is 303 g/mol. The van der Waals surface area contributed by atoms with Gasteiger partial charge in [-0.2, -0.15) is 0 Å². The number of anilines is 1. The van der Waals surface area contributed by atoms with E-state index in [2.05, 4.69) is 60.2 Å². The minimum atomic E-state index is 0.0868. The number of pyridine rings is 1. The van der Waals surface area contributed by atoms with E-state index in [0.29, 0.717) is 6.54 Å². The second kappa shape index (κ2) is 6.63. The third kappa shape index (κ3) is 3.41. The molecule has 23 heavy (non-hydrogen) atoms. The highest BCUT2D eigenvalue weighted by Crippen LogP contribution is 2.26. The van der Waals surface area contributed by atoms with Crippen molar-refractivity contribution < 1.29 is 0 Å². The van der Waals surface area contributed by atoms with Gasteiger partial charge in [0.2, 0.25) is 0 Å². The fourth-order valence-electron chi connectivity index (χ4n) is 2.71. The van der Waals surface area contributed by atoms with Gasteiger partial charge in [0.25, 0.3) is 0 Å². The molecule has 1 heterocycles. The number of aryl methyl sites for hydroxylation is 1. The van der Waals surface area contributed by atoms with Crippen molar-refractivity contribution >= 4 is 16.5 Å². The lowest BCUT2D eigenvalue weighted by atomic mass is 9.95. The van der Waals surface area contributed by atoms with E-state index in [0.717, 1.165) is 22.2 Å². The number of aromatic nitrogens is 1. The fourth-order valence-corrected chi connectivity index (χ4v) is 2.71. The summed E-state index contributed by atoms with van der Waals surface area (Å²) in [5, 5.41) is 5.68. The molecule has 2 aromatic carbocycles. The molecule has 3 aromatic rings. The minimum Gasteiger partial charge on any atom is -0.359 e. The maximum absolute atomic E-state index is 5.98. The van der Waals surface area contributed by atoms with E-state index in [1.54, 1.807) is 6.20 Å². The lowest BCUT2D eigenvalue weighted by Gasteiger charge is -2.20. The number of rotatable bonds is 5. The number of fused-ring (bicyclic) bond motifs is 1. The summed E-state index contributed by atoms with van der Waals surface area (Å²) in [5.74, 6) is 0.0868. The Bertz CT molecular complexity index is 822. The van der Waals surface area contributed by atoms with Crippen molar-refractivity contribution in [3.63, 3.8) is 0 Å². The van der Waals surface area contributed by atoms with E-state index in [9.17, 15) is 0 Å². The molecule has 0 saturated heterocycles. The summed E-state index contributed by atoms with van der Waals surface area (Å²) < 4.78 is 0. The van der Waals surface area contributed by atoms with Gasteiger partial charge in [0.1, 0.15) is 0 Å². The molecule has 0 spiro atoms. The predicted molar refractivity (Wildman–Crippen MR) is 97.5 cm³/mol. The van der Waals surface area contributed by atoms with Crippen LogP contribution >= 0.6 is 0 Å². The number of nitrogens with one attached hydrogen (secondary N) is 1. The summed E-state index contributed by atoms with van der Waals surface area (Å²) >= 11 is 0. The maximum Gasteiger partial charge on any atom is 0.0388 e. The Morgan fingerprint density at radius 3 is 2.65 bits per heavy atom. The Labute approximate surface area is 136 Å². The van der Waals surface area contributed by atoms with Gasteiger partial charge < -0.3 is 11.1 Å². The van der Waals surface area contributed by atoms with Gasteiger partial charge in [-0.1, -0.05) is 42.5 Å². The molecule has 0 fully saturated rings. The quantitative estimate of drug-likeness (QED) is 0.742. The first-order chi connectivity index (χ1) is 11.2. The second-order valence-electron chi connectivity index (χ2n) is 5.79. The van der Waals surface area contributed by atoms with E-state index in [4.69, 9.17) is 5.73 Å². The van der Waals surface area contributed by atoms with Crippen molar-refractivity contribution in [1.29, 1.82) is 0 Å². The largest absolute Gasteiger partial charge is 0.359 e. The van der Waals surface area contributed by atoms with Crippen LogP contribution in [0.25, 0.3) is 10.8 Å². The third-order valence-corrected chi connectivity index (χ3v) is 4.08. The number of nitrogens with zero attached hydrogens (tertiary/aromatic N) is 1. The van der Waals surface area contributed by atoms with Gasteiger partial charge in [0.15, 0.2) is 0 Å². The lowest BCUT2D eigenvalue weighted by molar-refractivity contribution is 0.806. The summed E-state index contributed by atoms with van der Waals surface area (Å²) in [5.41, 5.74) is 10.3. The van der Waals surface area contributed by atoms with Crippen molar-refractivity contribution in [2.24, 2.45) is 5.73 Å². The molecule has 0 aliphatic carbocycles. The zero-order chi connectivity index (χ0) is 16.2. The van der Waals surface area contributed by atoms with E-state index in [-0.39, 0.29) is 5.92 Å². The van der Waals surface area contributed by atoms with Crippen LogP contribution in [-0.4, -0.2) is 11.5 Å². The topological polar surface area (TPSA) is 50.9 Å². The van der Waals surface area contributed by atoms with Crippen molar-refractivity contribution in [3.8, 4) is 0 Å². The molecule has 1 atom stereocenters. The molecule has 3 rings (SSSR count). The molecule has 3 N–H and O–H groups in total. The Hall–Kier alpha value is -2.65. The summed E-state index contributed by atoms with van der Waals surface area (Å²) in [6.07, 6.45) is 3.67. The van der Waals surface area contributed by atoms with Crippen LogP contribution in [0, 0.1) is 6.92 Å². The van der Waals surface area contributed by atoms with Crippen molar-refractivity contribution in [2.45, 2.75) is 12.8 Å². The molecular weight excluding hydrogens is 282 g/mol. The highest BCUT2D eigenvalue weighted by Gasteiger charge is 2.13. The zero-order valence-corrected chi connectivity index (χ0v) is 13.3. The molecule has 3 nitrogen and oxygen atoms in total. The smallest absolute Gasteiger partial charge is 0.0388 e. The molecule has 0 saturated carbocycles. The maximum atomic E-state index is 5.98. The molecule has 0 radical (unpaired) electrons. The molecule has 3 heteroatoms. The number of nitrogens with two attached hydrogens (primary N) is 1. The highest BCUT2D eigenvalue weighted by molar-refractivity contribution is 5.85. The van der Waals surface area contributed by atoms with Gasteiger partial charge in [-0.3, -0.25) is 4.98 Å². The van der Waals surface area contributed by atoms with Gasteiger partial charge in [0.05, 0.1) is 0 Å². The van der Waals surface area contributed by atoms with Crippen molar-refractivity contribution in [1.82, 2.24) is 4.98 Å². The van der Waals surface area contributed by atoms with Crippen LogP contribution in [0.15, 0.2) is 73.2 Å². The van der Waals surface area contributed by atoms with Crippen LogP contribution in [0.3, 0.4) is 0 Å². The number of hydrogen-bond donors (Lipinski definition) is 2. The SMILES string of the molecule is C=C(Nc1ccc2cnccc2c1)C(CN)c1ccc(C)cc1. The van der Waals surface area contributed by atoms with E-state index in [1.165, 1.54) is 11.1 Å². The first-order valence-corrected chi connectivity index (χ1v) is 7.73. The molecule has 0 aliphatic rings. The zero-order valence-electron chi connectivity index (χ0n) is 13.3. The molecule has 0 bridgehead atoms. The molecule has 0 amide bonds. The summed E-state index contributed by atoms with van der Waals surface area (Å²) in [7, 11) is 0. The Kier molecular flexibility index (Phi) is 4.40. The van der Waals surface area contributed by atoms with Gasteiger partial charge >= 0.3 is 0 Å². The minimum absolute atomic E-state index is 0.0868. The Balaban J connectivity index is 1.81. The van der Waals surface area contributed by atoms with Crippen LogP contribution in [0.1, 0.15) is 17.0 Å². The average molecular weight is 303 g/mol. The molecule has 116 valence electrons. The molecule has 1 unspecified atom stereocenters. The molecule has 1 aromatic heterocycles. The van der Waals surface area contributed by atoms with Gasteiger partial charge in [-0.25, -0.2) is 0 Å². The van der Waals surface area contributed by atoms with Crippen LogP contribution in [0.5, 0.6) is 0 Å². The second-order valence-corrected chi connectivity index (χ2v) is 5.79. The summed E-state index contributed by atoms with van der Waals surface area (Å²) in [6, 6.07) is 16.6. The van der Waals surface area contributed by atoms with Crippen molar-refractivity contribution in [2.75, 3.05) is 11.9 Å². The van der Waals surface area contributed by atoms with Gasteiger partial charge in [0, 0.05) is 41.6 Å². The first kappa shape index (κ1) is 15.3. The van der Waals surface area contributed by atoms with E-state index >= 15 is 0 Å². The molecule has 0 aliphatic heterocycles. The standard InChI is InChI=1S/C20H21N3/c1-14-3-5-16(6-4-14)20(12-21)15(2)23-19-8-7-18-13-22-10-9-17(18)11-19/h3-11,13,20,23H,2,12,21H2,1H3. The fraction of sp³-hybridized carbons (Fsp3) is 0.150. The summed E-state index contributed by atoms with van der Waals surface area (Å²) in [6.45, 7) is 6.80. The summed E-state index contributed by atoms with van der Waals surface area (Å²) in [4.78, 5) is 4.14. The average Bonchev–Trinajstić information content (AvgIpc) is 2.57. The highest BCUT2D eigenvalue weighted by atomic mass is 14.9. The first-order valence-electron chi connectivity index (χ1n) is 7.73. The van der Waals surface area contributed by atoms with Crippen LogP contribution < -0.4 is 11.1 Å². The van der Waals surface area contributed by atoms with Crippen LogP contribution in [0.4, 0.5) is 5.69 Å². The molecular formula is C20H21N3. The number of benzene rings is 2. The third-order valence-electron chi connectivity index (χ3n) is 4.08. The van der Waals surface area contributed by atoms with E-state index in [1.807, 2.05) is 18.3 Å². The van der Waals surface area contributed by atoms with E-state index < -0.39 is 0 Å². The van der Waals surface area contributed by atoms with Crippen LogP contribution in [0.2, 0.25) is 0 Å². The van der Waals surface area contributed by atoms with Crippen LogP contribution in [-0.2, 0) is 0 Å². The number of hydrogen-bond acceptors (Lipinski definition) is 3. The Morgan fingerprint density at radius 2 is 1.91 bits per heavy atom. The normalized spacial score (nSPS) is 12.1. The van der Waals surface area contributed by atoms with Gasteiger partial charge in [-0.15, -0.1) is 0 Å². The van der Waals surface area contributed by atoms with Gasteiger partial charge in [-0.05, 0) is 36.1 Å². The van der Waals surface area contributed by atoms with Crippen molar-refractivity contribution in [3.05, 3.63) is 84.3 Å².